The van der Waals surface area contributed by atoms with Crippen molar-refractivity contribution in [3.63, 3.8) is 0 Å². The molecule has 28 heavy (non-hydrogen) atoms. The Labute approximate surface area is 162 Å². The van der Waals surface area contributed by atoms with Gasteiger partial charge in [0.1, 0.15) is 17.4 Å². The third kappa shape index (κ3) is 3.82. The fourth-order valence-corrected chi connectivity index (χ4v) is 3.53. The van der Waals surface area contributed by atoms with E-state index in [1.54, 1.807) is 25.3 Å². The fourth-order valence-electron chi connectivity index (χ4n) is 3.53. The highest BCUT2D eigenvalue weighted by Crippen LogP contribution is 2.25. The van der Waals surface area contributed by atoms with Crippen molar-refractivity contribution in [2.75, 3.05) is 19.6 Å². The summed E-state index contributed by atoms with van der Waals surface area (Å²) in [6, 6.07) is 9.66. The van der Waals surface area contributed by atoms with Crippen LogP contribution >= 0.6 is 0 Å². The van der Waals surface area contributed by atoms with Crippen molar-refractivity contribution in [3.05, 3.63) is 65.9 Å². The van der Waals surface area contributed by atoms with Crippen LogP contribution in [0.5, 0.6) is 0 Å². The smallest absolute Gasteiger partial charge is 0.291 e. The molecule has 146 valence electrons. The van der Waals surface area contributed by atoms with Crippen LogP contribution in [0.25, 0.3) is 5.69 Å². The van der Waals surface area contributed by atoms with Gasteiger partial charge in [-0.15, -0.1) is 5.10 Å². The molecule has 1 N–H and O–H groups in total. The first-order valence-electron chi connectivity index (χ1n) is 9.37. The van der Waals surface area contributed by atoms with Gasteiger partial charge in [0, 0.05) is 6.54 Å². The molecule has 8 heteroatoms. The molecule has 0 aliphatic carbocycles. The summed E-state index contributed by atoms with van der Waals surface area (Å²) in [4.78, 5) is 19.2. The van der Waals surface area contributed by atoms with Gasteiger partial charge in [0.05, 0.1) is 18.0 Å². The molecule has 1 aromatic carbocycles. The second-order valence-electron chi connectivity index (χ2n) is 6.86. The number of hydrogen-bond donors (Lipinski definition) is 1. The number of carbonyl (C=O) groups is 1. The fraction of sp³-hybridized carbons (Fsp3) is 0.350. The number of likely N-dealkylation sites (tertiary alicyclic amines) is 1. The number of halogens is 1. The minimum atomic E-state index is -0.347. The summed E-state index contributed by atoms with van der Waals surface area (Å²) in [6.45, 7) is 4.13. The number of carbonyl (C=O) groups excluding carboxylic acids is 1. The quantitative estimate of drug-likeness (QED) is 0.708. The van der Waals surface area contributed by atoms with E-state index in [1.807, 2.05) is 12.1 Å². The minimum Gasteiger partial charge on any atom is -0.468 e. The van der Waals surface area contributed by atoms with Gasteiger partial charge in [-0.25, -0.2) is 14.1 Å². The first-order valence-corrected chi connectivity index (χ1v) is 9.37. The predicted molar refractivity (Wildman–Crippen MR) is 101 cm³/mol. The van der Waals surface area contributed by atoms with Gasteiger partial charge in [-0.3, -0.25) is 9.69 Å². The van der Waals surface area contributed by atoms with E-state index in [9.17, 15) is 9.18 Å². The minimum absolute atomic E-state index is 0.0123. The lowest BCUT2D eigenvalue weighted by Gasteiger charge is -2.25. The standard InChI is InChI=1S/C20H22FN5O2/c1-14-23-19(24-26(14)16-8-6-15(21)7-9-16)20(27)22-13-17(18-5-4-12-28-18)25-10-2-3-11-25/h4-9,12,17H,2-3,10-11,13H2,1H3,(H,22,27). The lowest BCUT2D eigenvalue weighted by molar-refractivity contribution is 0.0923. The van der Waals surface area contributed by atoms with E-state index in [-0.39, 0.29) is 23.6 Å². The molecule has 0 bridgehead atoms. The third-order valence-corrected chi connectivity index (χ3v) is 4.95. The highest BCUT2D eigenvalue weighted by atomic mass is 19.1. The first kappa shape index (κ1) is 18.4. The highest BCUT2D eigenvalue weighted by Gasteiger charge is 2.26. The molecule has 1 fully saturated rings. The lowest BCUT2D eigenvalue weighted by Crippen LogP contribution is -2.37. The van der Waals surface area contributed by atoms with Crippen molar-refractivity contribution in [3.8, 4) is 5.69 Å². The van der Waals surface area contributed by atoms with Gasteiger partial charge in [0.2, 0.25) is 5.82 Å². The summed E-state index contributed by atoms with van der Waals surface area (Å²) in [7, 11) is 0. The van der Waals surface area contributed by atoms with E-state index >= 15 is 0 Å². The number of nitrogens with zero attached hydrogens (tertiary/aromatic N) is 4. The van der Waals surface area contributed by atoms with Crippen LogP contribution in [0.4, 0.5) is 4.39 Å². The Morgan fingerprint density at radius 3 is 2.68 bits per heavy atom. The van der Waals surface area contributed by atoms with Crippen LogP contribution in [0.1, 0.15) is 41.1 Å². The second-order valence-corrected chi connectivity index (χ2v) is 6.86. The Morgan fingerprint density at radius 1 is 1.25 bits per heavy atom. The van der Waals surface area contributed by atoms with Gasteiger partial charge in [-0.05, 0) is 69.3 Å². The summed E-state index contributed by atoms with van der Waals surface area (Å²) in [6.07, 6.45) is 3.94. The number of aromatic nitrogens is 3. The van der Waals surface area contributed by atoms with Gasteiger partial charge in [-0.2, -0.15) is 0 Å². The van der Waals surface area contributed by atoms with Crippen molar-refractivity contribution >= 4 is 5.91 Å². The Hall–Kier alpha value is -3.00. The zero-order chi connectivity index (χ0) is 19.5. The Balaban J connectivity index is 1.47. The summed E-state index contributed by atoms with van der Waals surface area (Å²) in [5.41, 5.74) is 0.649. The van der Waals surface area contributed by atoms with E-state index in [0.29, 0.717) is 18.1 Å². The van der Waals surface area contributed by atoms with Gasteiger partial charge in [0.25, 0.3) is 5.91 Å². The summed E-state index contributed by atoms with van der Waals surface area (Å²) in [5, 5.41) is 7.21. The molecule has 3 heterocycles. The molecule has 3 aromatic rings. The molecule has 0 saturated carbocycles. The van der Waals surface area contributed by atoms with E-state index in [2.05, 4.69) is 20.3 Å². The third-order valence-electron chi connectivity index (χ3n) is 4.95. The largest absolute Gasteiger partial charge is 0.468 e. The Morgan fingerprint density at radius 2 is 2.00 bits per heavy atom. The maximum Gasteiger partial charge on any atom is 0.291 e. The van der Waals surface area contributed by atoms with Crippen molar-refractivity contribution in [2.45, 2.75) is 25.8 Å². The Bertz CT molecular complexity index is 930. The number of benzene rings is 1. The molecule has 1 saturated heterocycles. The zero-order valence-electron chi connectivity index (χ0n) is 15.6. The van der Waals surface area contributed by atoms with Gasteiger partial charge < -0.3 is 9.73 Å². The van der Waals surface area contributed by atoms with E-state index in [4.69, 9.17) is 4.42 Å². The van der Waals surface area contributed by atoms with Crippen molar-refractivity contribution in [1.29, 1.82) is 0 Å². The SMILES string of the molecule is Cc1nc(C(=O)NCC(c2ccco2)N2CCCC2)nn1-c1ccc(F)cc1. The molecule has 1 unspecified atom stereocenters. The van der Waals surface area contributed by atoms with E-state index in [0.717, 1.165) is 31.7 Å². The molecule has 1 aliphatic heterocycles. The molecule has 0 spiro atoms. The normalized spacial score (nSPS) is 15.6. The van der Waals surface area contributed by atoms with Crippen LogP contribution in [-0.2, 0) is 0 Å². The van der Waals surface area contributed by atoms with Gasteiger partial charge >= 0.3 is 0 Å². The summed E-state index contributed by atoms with van der Waals surface area (Å²) < 4.78 is 20.2. The van der Waals surface area contributed by atoms with Crippen LogP contribution in [0.15, 0.2) is 47.1 Å². The molecule has 2 aromatic heterocycles. The second kappa shape index (κ2) is 7.93. The van der Waals surface area contributed by atoms with Crippen LogP contribution in [-0.4, -0.2) is 45.2 Å². The molecule has 1 aliphatic rings. The van der Waals surface area contributed by atoms with Crippen LogP contribution < -0.4 is 5.32 Å². The number of aryl methyl sites for hydroxylation is 1. The topological polar surface area (TPSA) is 76.2 Å². The number of hydrogen-bond acceptors (Lipinski definition) is 5. The number of nitrogens with one attached hydrogen (secondary N) is 1. The van der Waals surface area contributed by atoms with E-state index < -0.39 is 0 Å². The Kier molecular flexibility index (Phi) is 5.21. The van der Waals surface area contributed by atoms with Gasteiger partial charge in [-0.1, -0.05) is 0 Å². The van der Waals surface area contributed by atoms with Crippen molar-refractivity contribution < 1.29 is 13.6 Å². The number of rotatable bonds is 6. The average molecular weight is 383 g/mol. The summed E-state index contributed by atoms with van der Waals surface area (Å²) >= 11 is 0. The van der Waals surface area contributed by atoms with Crippen LogP contribution in [0, 0.1) is 12.7 Å². The molecule has 4 rings (SSSR count). The monoisotopic (exact) mass is 383 g/mol. The number of furan rings is 1. The molecule has 1 atom stereocenters. The predicted octanol–water partition coefficient (Wildman–Crippen LogP) is 2.87. The first-order chi connectivity index (χ1) is 13.6. The zero-order valence-corrected chi connectivity index (χ0v) is 15.6. The molecule has 7 nitrogen and oxygen atoms in total. The van der Waals surface area contributed by atoms with Crippen molar-refractivity contribution in [1.82, 2.24) is 25.0 Å². The van der Waals surface area contributed by atoms with Crippen molar-refractivity contribution in [2.24, 2.45) is 0 Å². The summed E-state index contributed by atoms with van der Waals surface area (Å²) in [5.74, 6) is 0.800. The van der Waals surface area contributed by atoms with E-state index in [1.165, 1.54) is 16.8 Å². The van der Waals surface area contributed by atoms with Crippen LogP contribution in [0.2, 0.25) is 0 Å². The highest BCUT2D eigenvalue weighted by molar-refractivity contribution is 5.90. The van der Waals surface area contributed by atoms with Crippen LogP contribution in [0.3, 0.4) is 0 Å². The molecular formula is C20H22FN5O2. The average Bonchev–Trinajstić information content (AvgIpc) is 3.45. The maximum absolute atomic E-state index is 13.1. The molecule has 0 radical (unpaired) electrons. The lowest BCUT2D eigenvalue weighted by atomic mass is 10.2. The maximum atomic E-state index is 13.1. The molecular weight excluding hydrogens is 361 g/mol. The molecule has 1 amide bonds. The number of amides is 1. The van der Waals surface area contributed by atoms with Gasteiger partial charge in [0.15, 0.2) is 0 Å².